The minimum atomic E-state index is -1.32. The molecule has 0 spiro atoms. The van der Waals surface area contributed by atoms with Crippen molar-refractivity contribution in [2.45, 2.75) is 45.5 Å². The van der Waals surface area contributed by atoms with Gasteiger partial charge in [-0.05, 0) is 50.6 Å². The number of H-pyrrole nitrogens is 1. The van der Waals surface area contributed by atoms with Gasteiger partial charge in [-0.2, -0.15) is 0 Å². The fourth-order valence-electron chi connectivity index (χ4n) is 3.14. The van der Waals surface area contributed by atoms with Crippen molar-refractivity contribution < 1.29 is 24.2 Å². The Labute approximate surface area is 197 Å². The molecule has 34 heavy (non-hydrogen) atoms. The van der Waals surface area contributed by atoms with Crippen molar-refractivity contribution in [2.75, 3.05) is 6.54 Å². The van der Waals surface area contributed by atoms with E-state index in [-0.39, 0.29) is 6.54 Å². The van der Waals surface area contributed by atoms with Crippen LogP contribution in [0.5, 0.6) is 0 Å². The first-order valence-electron chi connectivity index (χ1n) is 10.8. The van der Waals surface area contributed by atoms with Gasteiger partial charge in [0, 0.05) is 18.7 Å². The maximum absolute atomic E-state index is 12.4. The standard InChI is InChI=1S/C24H29N5O5/c1-24(2,3)34-23(33)29-19(22(31)32)13-26-21(30)16-10-8-15(9-11-16)12-25-14-20-27-17-6-4-5-7-18(17)28-20/h4-11,19,25H,12-14H2,1-3H3,(H,26,30)(H,27,28)(H,29,33)(H,31,32). The van der Waals surface area contributed by atoms with Crippen LogP contribution in [0, 0.1) is 0 Å². The summed E-state index contributed by atoms with van der Waals surface area (Å²) in [5.74, 6) is -0.888. The van der Waals surface area contributed by atoms with Crippen molar-refractivity contribution in [3.05, 3.63) is 65.5 Å². The molecule has 1 atom stereocenters. The number of carbonyl (C=O) groups is 3. The van der Waals surface area contributed by atoms with Crippen LogP contribution < -0.4 is 16.0 Å². The summed E-state index contributed by atoms with van der Waals surface area (Å²) in [6.45, 7) is 5.87. The highest BCUT2D eigenvalue weighted by Gasteiger charge is 2.24. The zero-order valence-electron chi connectivity index (χ0n) is 19.3. The monoisotopic (exact) mass is 467 g/mol. The Hall–Kier alpha value is -3.92. The fraction of sp³-hybridized carbons (Fsp3) is 0.333. The number of hydrogen-bond donors (Lipinski definition) is 5. The Kier molecular flexibility index (Phi) is 7.85. The van der Waals surface area contributed by atoms with E-state index in [1.165, 1.54) is 0 Å². The van der Waals surface area contributed by atoms with Gasteiger partial charge >= 0.3 is 12.1 Å². The summed E-state index contributed by atoms with van der Waals surface area (Å²) in [7, 11) is 0. The second-order valence-electron chi connectivity index (χ2n) is 8.75. The SMILES string of the molecule is CC(C)(C)OC(=O)NC(CNC(=O)c1ccc(CNCc2nc3ccccc3[nH]2)cc1)C(=O)O. The highest BCUT2D eigenvalue weighted by atomic mass is 16.6. The first-order chi connectivity index (χ1) is 16.1. The van der Waals surface area contributed by atoms with E-state index in [0.29, 0.717) is 18.7 Å². The second-order valence-corrected chi connectivity index (χ2v) is 8.75. The van der Waals surface area contributed by atoms with Gasteiger partial charge in [-0.1, -0.05) is 24.3 Å². The lowest BCUT2D eigenvalue weighted by molar-refractivity contribution is -0.139. The molecule has 5 N–H and O–H groups in total. The molecule has 10 heteroatoms. The highest BCUT2D eigenvalue weighted by molar-refractivity contribution is 5.94. The van der Waals surface area contributed by atoms with Gasteiger partial charge < -0.3 is 30.8 Å². The molecule has 0 fully saturated rings. The minimum Gasteiger partial charge on any atom is -0.480 e. The van der Waals surface area contributed by atoms with Crippen LogP contribution in [0.15, 0.2) is 48.5 Å². The molecule has 3 rings (SSSR count). The number of carboxylic acid groups (broad SMARTS) is 1. The van der Waals surface area contributed by atoms with Gasteiger partial charge in [0.05, 0.1) is 17.6 Å². The summed E-state index contributed by atoms with van der Waals surface area (Å²) in [5, 5.41) is 17.4. The molecule has 1 unspecified atom stereocenters. The Morgan fingerprint density at radius 3 is 2.41 bits per heavy atom. The summed E-state index contributed by atoms with van der Waals surface area (Å²) in [4.78, 5) is 43.4. The summed E-state index contributed by atoms with van der Waals surface area (Å²) in [5.41, 5.74) is 2.49. The van der Waals surface area contributed by atoms with Gasteiger partial charge in [0.25, 0.3) is 5.91 Å². The number of nitrogens with one attached hydrogen (secondary N) is 4. The average Bonchev–Trinajstić information content (AvgIpc) is 3.18. The number of aromatic amines is 1. The molecule has 0 saturated heterocycles. The number of aromatic nitrogens is 2. The molecule has 3 aromatic rings. The Bertz CT molecular complexity index is 1120. The maximum Gasteiger partial charge on any atom is 0.408 e. The number of amides is 2. The molecular formula is C24H29N5O5. The quantitative estimate of drug-likeness (QED) is 0.325. The van der Waals surface area contributed by atoms with Crippen LogP contribution in [0.2, 0.25) is 0 Å². The van der Waals surface area contributed by atoms with Crippen LogP contribution >= 0.6 is 0 Å². The molecule has 10 nitrogen and oxygen atoms in total. The van der Waals surface area contributed by atoms with Crippen LogP contribution in [0.25, 0.3) is 11.0 Å². The number of hydrogen-bond acceptors (Lipinski definition) is 6. The van der Waals surface area contributed by atoms with E-state index in [0.717, 1.165) is 22.4 Å². The third-order valence-electron chi connectivity index (χ3n) is 4.73. The fourth-order valence-corrected chi connectivity index (χ4v) is 3.14. The molecule has 0 aliphatic rings. The maximum atomic E-state index is 12.4. The van der Waals surface area contributed by atoms with E-state index < -0.39 is 29.6 Å². The van der Waals surface area contributed by atoms with Crippen molar-refractivity contribution in [2.24, 2.45) is 0 Å². The van der Waals surface area contributed by atoms with Crippen LogP contribution in [0.1, 0.15) is 42.5 Å². The minimum absolute atomic E-state index is 0.284. The Balaban J connectivity index is 1.46. The zero-order chi connectivity index (χ0) is 24.7. The van der Waals surface area contributed by atoms with Crippen LogP contribution in [-0.2, 0) is 22.6 Å². The number of rotatable bonds is 9. The van der Waals surface area contributed by atoms with Crippen LogP contribution in [-0.4, -0.2) is 51.2 Å². The van der Waals surface area contributed by atoms with E-state index in [1.54, 1.807) is 32.9 Å². The zero-order valence-corrected chi connectivity index (χ0v) is 19.3. The lowest BCUT2D eigenvalue weighted by atomic mass is 10.1. The smallest absolute Gasteiger partial charge is 0.408 e. The predicted octanol–water partition coefficient (Wildman–Crippen LogP) is 2.56. The average molecular weight is 468 g/mol. The molecule has 1 aromatic heterocycles. The van der Waals surface area contributed by atoms with Gasteiger partial charge in [-0.3, -0.25) is 4.79 Å². The van der Waals surface area contributed by atoms with Gasteiger partial charge in [-0.15, -0.1) is 0 Å². The van der Waals surface area contributed by atoms with E-state index in [9.17, 15) is 19.5 Å². The van der Waals surface area contributed by atoms with Crippen molar-refractivity contribution in [1.29, 1.82) is 0 Å². The highest BCUT2D eigenvalue weighted by Crippen LogP contribution is 2.11. The molecule has 1 heterocycles. The third-order valence-corrected chi connectivity index (χ3v) is 4.73. The van der Waals surface area contributed by atoms with Crippen molar-refractivity contribution in [1.82, 2.24) is 25.9 Å². The third kappa shape index (κ3) is 7.31. The van der Waals surface area contributed by atoms with Crippen molar-refractivity contribution in [3.63, 3.8) is 0 Å². The van der Waals surface area contributed by atoms with Crippen molar-refractivity contribution in [3.8, 4) is 0 Å². The Morgan fingerprint density at radius 1 is 1.06 bits per heavy atom. The second kappa shape index (κ2) is 10.8. The van der Waals surface area contributed by atoms with Gasteiger partial charge in [0.15, 0.2) is 0 Å². The number of ether oxygens (including phenoxy) is 1. The van der Waals surface area contributed by atoms with Gasteiger partial charge in [-0.25, -0.2) is 14.6 Å². The lowest BCUT2D eigenvalue weighted by Crippen LogP contribution is -2.49. The van der Waals surface area contributed by atoms with E-state index in [1.807, 2.05) is 36.4 Å². The molecule has 0 aliphatic carbocycles. The molecule has 0 aliphatic heterocycles. The molecule has 2 amide bonds. The summed E-state index contributed by atoms with van der Waals surface area (Å²) in [6, 6.07) is 13.4. The summed E-state index contributed by atoms with van der Waals surface area (Å²) >= 11 is 0. The number of fused-ring (bicyclic) bond motifs is 1. The topological polar surface area (TPSA) is 145 Å². The van der Waals surface area contributed by atoms with Gasteiger partial charge in [0.2, 0.25) is 0 Å². The van der Waals surface area contributed by atoms with E-state index >= 15 is 0 Å². The molecule has 0 bridgehead atoms. The molecule has 180 valence electrons. The summed E-state index contributed by atoms with van der Waals surface area (Å²) < 4.78 is 5.06. The first-order valence-corrected chi connectivity index (χ1v) is 10.8. The predicted molar refractivity (Wildman–Crippen MR) is 126 cm³/mol. The number of carboxylic acids is 1. The van der Waals surface area contributed by atoms with E-state index in [2.05, 4.69) is 25.9 Å². The Morgan fingerprint density at radius 2 is 1.76 bits per heavy atom. The normalized spacial score (nSPS) is 12.2. The number of para-hydroxylation sites is 2. The summed E-state index contributed by atoms with van der Waals surface area (Å²) in [6.07, 6.45) is -0.867. The number of nitrogens with zero attached hydrogens (tertiary/aromatic N) is 1. The number of imidazole rings is 1. The molecular weight excluding hydrogens is 438 g/mol. The molecule has 0 radical (unpaired) electrons. The molecule has 2 aromatic carbocycles. The van der Waals surface area contributed by atoms with E-state index in [4.69, 9.17) is 4.74 Å². The number of aliphatic carboxylic acids is 1. The number of alkyl carbamates (subject to hydrolysis) is 1. The number of carbonyl (C=O) groups excluding carboxylic acids is 2. The van der Waals surface area contributed by atoms with Crippen molar-refractivity contribution >= 4 is 29.0 Å². The van der Waals surface area contributed by atoms with Crippen LogP contribution in [0.4, 0.5) is 4.79 Å². The first kappa shape index (κ1) is 24.7. The largest absolute Gasteiger partial charge is 0.480 e. The van der Waals surface area contributed by atoms with Crippen LogP contribution in [0.3, 0.4) is 0 Å². The molecule has 0 saturated carbocycles. The van der Waals surface area contributed by atoms with Gasteiger partial charge in [0.1, 0.15) is 17.5 Å². The lowest BCUT2D eigenvalue weighted by Gasteiger charge is -2.22. The number of benzene rings is 2.